The van der Waals surface area contributed by atoms with Crippen molar-refractivity contribution >= 4 is 23.2 Å². The van der Waals surface area contributed by atoms with Gasteiger partial charge >= 0.3 is 6.18 Å². The zero-order chi connectivity index (χ0) is 21.8. The molecule has 0 saturated carbocycles. The molecular formula is C21H24F3N5O2. The molecule has 4 rings (SSSR count). The Morgan fingerprint density at radius 1 is 1.10 bits per heavy atom. The molecule has 0 aliphatic carbocycles. The highest BCUT2D eigenvalue weighted by atomic mass is 19.4. The number of anilines is 3. The highest BCUT2D eigenvalue weighted by Gasteiger charge is 2.37. The molecule has 2 aromatic rings. The summed E-state index contributed by atoms with van der Waals surface area (Å²) in [4.78, 5) is 24.7. The van der Waals surface area contributed by atoms with Crippen LogP contribution in [0.25, 0.3) is 0 Å². The molecule has 7 nitrogen and oxygen atoms in total. The summed E-state index contributed by atoms with van der Waals surface area (Å²) in [7, 11) is 0. The van der Waals surface area contributed by atoms with Crippen molar-refractivity contribution in [1.29, 1.82) is 0 Å². The molecule has 0 bridgehead atoms. The van der Waals surface area contributed by atoms with Crippen LogP contribution in [0, 0.1) is 5.92 Å². The minimum Gasteiger partial charge on any atom is -0.378 e. The fourth-order valence-electron chi connectivity index (χ4n) is 3.95. The van der Waals surface area contributed by atoms with Gasteiger partial charge in [0.25, 0.3) is 0 Å². The Morgan fingerprint density at radius 3 is 2.61 bits per heavy atom. The van der Waals surface area contributed by atoms with Gasteiger partial charge in [0.05, 0.1) is 36.6 Å². The molecule has 2 aliphatic heterocycles. The molecule has 2 saturated heterocycles. The molecule has 0 radical (unpaired) electrons. The first-order valence-corrected chi connectivity index (χ1v) is 10.3. The molecule has 0 aromatic carbocycles. The number of carbonyl (C=O) groups is 1. The van der Waals surface area contributed by atoms with Crippen molar-refractivity contribution in [3.8, 4) is 0 Å². The molecular weight excluding hydrogens is 411 g/mol. The number of piperidine rings is 1. The van der Waals surface area contributed by atoms with Gasteiger partial charge in [0.1, 0.15) is 11.6 Å². The minimum atomic E-state index is -4.50. The van der Waals surface area contributed by atoms with Crippen LogP contribution < -0.4 is 15.1 Å². The summed E-state index contributed by atoms with van der Waals surface area (Å²) in [6.45, 7) is 3.53. The number of carbonyl (C=O) groups excluding carboxylic acids is 1. The summed E-state index contributed by atoms with van der Waals surface area (Å²) in [5.74, 6) is -0.396. The Morgan fingerprint density at radius 2 is 1.90 bits per heavy atom. The van der Waals surface area contributed by atoms with E-state index in [9.17, 15) is 18.0 Å². The predicted octanol–water partition coefficient (Wildman–Crippen LogP) is 3.19. The number of nitrogens with zero attached hydrogens (tertiary/aromatic N) is 4. The first-order chi connectivity index (χ1) is 14.9. The maximum atomic E-state index is 13.3. The second-order valence-corrected chi connectivity index (χ2v) is 7.65. The third kappa shape index (κ3) is 5.07. The summed E-state index contributed by atoms with van der Waals surface area (Å²) in [5.41, 5.74) is 0.177. The van der Waals surface area contributed by atoms with Crippen molar-refractivity contribution in [2.75, 3.05) is 54.5 Å². The van der Waals surface area contributed by atoms with Crippen molar-refractivity contribution in [2.45, 2.75) is 19.0 Å². The average molecular weight is 435 g/mol. The molecule has 1 unspecified atom stereocenters. The first-order valence-electron chi connectivity index (χ1n) is 10.3. The van der Waals surface area contributed by atoms with E-state index in [0.29, 0.717) is 38.4 Å². The molecule has 10 heteroatoms. The SMILES string of the molecule is O=C(Nc1ccc(N2CCOCC2)cn1)C1CCCN(c2ncccc2C(F)(F)F)C1. The van der Waals surface area contributed by atoms with Crippen LogP contribution >= 0.6 is 0 Å². The number of hydrogen-bond acceptors (Lipinski definition) is 6. The van der Waals surface area contributed by atoms with Crippen LogP contribution in [0.3, 0.4) is 0 Å². The molecule has 1 atom stereocenters. The van der Waals surface area contributed by atoms with Crippen molar-refractivity contribution in [3.05, 3.63) is 42.2 Å². The smallest absolute Gasteiger partial charge is 0.378 e. The third-order valence-corrected chi connectivity index (χ3v) is 5.56. The number of hydrogen-bond donors (Lipinski definition) is 1. The van der Waals surface area contributed by atoms with Gasteiger partial charge in [0.2, 0.25) is 5.91 Å². The fourth-order valence-corrected chi connectivity index (χ4v) is 3.95. The van der Waals surface area contributed by atoms with Gasteiger partial charge < -0.3 is 19.9 Å². The standard InChI is InChI=1S/C21H24F3N5O2/c22-21(23,24)17-4-1-7-25-19(17)29-8-2-3-15(14-29)20(30)27-18-6-5-16(13-26-18)28-9-11-31-12-10-28/h1,4-7,13,15H,2-3,8-12,14H2,(H,26,27,30). The Balaban J connectivity index is 1.40. The summed E-state index contributed by atoms with van der Waals surface area (Å²) in [5, 5.41) is 2.80. The van der Waals surface area contributed by atoms with E-state index < -0.39 is 17.7 Å². The maximum Gasteiger partial charge on any atom is 0.419 e. The van der Waals surface area contributed by atoms with E-state index in [-0.39, 0.29) is 18.3 Å². The van der Waals surface area contributed by atoms with Crippen molar-refractivity contribution in [3.63, 3.8) is 0 Å². The Hall–Kier alpha value is -2.88. The predicted molar refractivity (Wildman–Crippen MR) is 110 cm³/mol. The number of amides is 1. The van der Waals surface area contributed by atoms with Gasteiger partial charge in [0, 0.05) is 32.4 Å². The Kier molecular flexibility index (Phi) is 6.26. The molecule has 2 fully saturated rings. The van der Waals surface area contributed by atoms with E-state index in [0.717, 1.165) is 24.8 Å². The largest absolute Gasteiger partial charge is 0.419 e. The monoisotopic (exact) mass is 435 g/mol. The van der Waals surface area contributed by atoms with Gasteiger partial charge in [-0.05, 0) is 37.1 Å². The summed E-state index contributed by atoms with van der Waals surface area (Å²) < 4.78 is 45.4. The van der Waals surface area contributed by atoms with E-state index in [4.69, 9.17) is 4.74 Å². The number of nitrogens with one attached hydrogen (secondary N) is 1. The van der Waals surface area contributed by atoms with E-state index >= 15 is 0 Å². The lowest BCUT2D eigenvalue weighted by Gasteiger charge is -2.34. The summed E-state index contributed by atoms with van der Waals surface area (Å²) in [6.07, 6.45) is -0.242. The molecule has 2 aromatic heterocycles. The quantitative estimate of drug-likeness (QED) is 0.796. The highest BCUT2D eigenvalue weighted by Crippen LogP contribution is 2.36. The zero-order valence-electron chi connectivity index (χ0n) is 16.9. The number of pyridine rings is 2. The van der Waals surface area contributed by atoms with E-state index in [1.54, 1.807) is 17.2 Å². The number of ether oxygens (including phenoxy) is 1. The van der Waals surface area contributed by atoms with E-state index in [1.165, 1.54) is 12.3 Å². The summed E-state index contributed by atoms with van der Waals surface area (Å²) >= 11 is 0. The molecule has 1 N–H and O–H groups in total. The van der Waals surface area contributed by atoms with Crippen LogP contribution in [0.5, 0.6) is 0 Å². The lowest BCUT2D eigenvalue weighted by atomic mass is 9.96. The maximum absolute atomic E-state index is 13.3. The van der Waals surface area contributed by atoms with Crippen molar-refractivity contribution in [1.82, 2.24) is 9.97 Å². The van der Waals surface area contributed by atoms with Gasteiger partial charge in [-0.25, -0.2) is 9.97 Å². The topological polar surface area (TPSA) is 70.6 Å². The van der Waals surface area contributed by atoms with Crippen molar-refractivity contribution < 1.29 is 22.7 Å². The van der Waals surface area contributed by atoms with Crippen LogP contribution in [-0.4, -0.2) is 55.3 Å². The second kappa shape index (κ2) is 9.09. The Bertz CT molecular complexity index is 901. The minimum absolute atomic E-state index is 0.125. The van der Waals surface area contributed by atoms with Gasteiger partial charge in [0.15, 0.2) is 0 Å². The van der Waals surface area contributed by atoms with Crippen molar-refractivity contribution in [2.24, 2.45) is 5.92 Å². The zero-order valence-corrected chi connectivity index (χ0v) is 16.9. The number of halogens is 3. The Labute approximate surface area is 178 Å². The molecule has 166 valence electrons. The normalized spacial score (nSPS) is 19.9. The number of alkyl halides is 3. The molecule has 4 heterocycles. The van der Waals surface area contributed by atoms with Crippen LogP contribution in [0.15, 0.2) is 36.7 Å². The fraction of sp³-hybridized carbons (Fsp3) is 0.476. The lowest BCUT2D eigenvalue weighted by molar-refractivity contribution is -0.137. The van der Waals surface area contributed by atoms with Crippen LogP contribution in [0.4, 0.5) is 30.5 Å². The van der Waals surface area contributed by atoms with Gasteiger partial charge in [-0.15, -0.1) is 0 Å². The van der Waals surface area contributed by atoms with Gasteiger partial charge in [-0.3, -0.25) is 4.79 Å². The highest BCUT2D eigenvalue weighted by molar-refractivity contribution is 5.92. The first kappa shape index (κ1) is 21.4. The number of aromatic nitrogens is 2. The number of morpholine rings is 1. The molecule has 31 heavy (non-hydrogen) atoms. The van der Waals surface area contributed by atoms with Crippen LogP contribution in [-0.2, 0) is 15.7 Å². The third-order valence-electron chi connectivity index (χ3n) is 5.56. The van der Waals surface area contributed by atoms with E-state index in [2.05, 4.69) is 20.2 Å². The van der Waals surface area contributed by atoms with Gasteiger partial charge in [-0.1, -0.05) is 0 Å². The lowest BCUT2D eigenvalue weighted by Crippen LogP contribution is -2.42. The molecule has 1 amide bonds. The number of rotatable bonds is 4. The average Bonchev–Trinajstić information content (AvgIpc) is 2.80. The molecule has 2 aliphatic rings. The molecule has 0 spiro atoms. The van der Waals surface area contributed by atoms with Gasteiger partial charge in [-0.2, -0.15) is 13.2 Å². The van der Waals surface area contributed by atoms with E-state index in [1.807, 2.05) is 6.07 Å². The second-order valence-electron chi connectivity index (χ2n) is 7.65. The van der Waals surface area contributed by atoms with Crippen LogP contribution in [0.2, 0.25) is 0 Å². The summed E-state index contributed by atoms with van der Waals surface area (Å²) in [6, 6.07) is 5.92. The van der Waals surface area contributed by atoms with Crippen LogP contribution in [0.1, 0.15) is 18.4 Å².